The highest BCUT2D eigenvalue weighted by Crippen LogP contribution is 2.32. The Bertz CT molecular complexity index is 263. The topological polar surface area (TPSA) is 52.9 Å². The molecule has 0 aromatic carbocycles. The third-order valence-corrected chi connectivity index (χ3v) is 3.28. The molecule has 0 bridgehead atoms. The van der Waals surface area contributed by atoms with Gasteiger partial charge in [-0.2, -0.15) is 5.26 Å². The maximum atomic E-state index is 11.8. The van der Waals surface area contributed by atoms with Gasteiger partial charge in [-0.25, -0.2) is 0 Å². The van der Waals surface area contributed by atoms with Crippen LogP contribution in [0.4, 0.5) is 0 Å². The molecule has 0 heterocycles. The Hall–Kier alpha value is -1.04. The van der Waals surface area contributed by atoms with Crippen LogP contribution in [0, 0.1) is 22.7 Å². The van der Waals surface area contributed by atoms with Crippen molar-refractivity contribution in [1.29, 1.82) is 5.26 Å². The molecule has 0 spiro atoms. The third kappa shape index (κ3) is 1.89. The molecule has 1 fully saturated rings. The van der Waals surface area contributed by atoms with Crippen molar-refractivity contribution in [2.45, 2.75) is 46.1 Å². The van der Waals surface area contributed by atoms with Crippen LogP contribution in [0.15, 0.2) is 0 Å². The fourth-order valence-electron chi connectivity index (χ4n) is 1.61. The van der Waals surface area contributed by atoms with Gasteiger partial charge in [-0.3, -0.25) is 4.79 Å². The van der Waals surface area contributed by atoms with Gasteiger partial charge in [0.05, 0.1) is 6.07 Å². The molecule has 78 valence electrons. The first-order valence-electron chi connectivity index (χ1n) is 5.31. The van der Waals surface area contributed by atoms with E-state index in [-0.39, 0.29) is 5.91 Å². The fourth-order valence-corrected chi connectivity index (χ4v) is 1.61. The van der Waals surface area contributed by atoms with E-state index in [1.54, 1.807) is 0 Å². The van der Waals surface area contributed by atoms with Crippen molar-refractivity contribution >= 4 is 5.91 Å². The van der Waals surface area contributed by atoms with E-state index in [0.717, 1.165) is 6.42 Å². The minimum Gasteiger partial charge on any atom is -0.352 e. The Morgan fingerprint density at radius 2 is 2.07 bits per heavy atom. The standard InChI is InChI=1S/C11H18N2O/c1-4-11(5-2,7-12)10(14)13-9-6-8(9)3/h8-9H,4-6H2,1-3H3,(H,13,14). The van der Waals surface area contributed by atoms with Crippen LogP contribution in [0.3, 0.4) is 0 Å². The molecular formula is C11H18N2O. The second-order valence-corrected chi connectivity index (χ2v) is 4.19. The van der Waals surface area contributed by atoms with Crippen LogP contribution < -0.4 is 5.32 Å². The smallest absolute Gasteiger partial charge is 0.240 e. The SMILES string of the molecule is CCC(C#N)(CC)C(=O)NC1CC1C. The molecule has 1 N–H and O–H groups in total. The van der Waals surface area contributed by atoms with Crippen LogP contribution >= 0.6 is 0 Å². The van der Waals surface area contributed by atoms with Crippen molar-refractivity contribution in [3.8, 4) is 6.07 Å². The second-order valence-electron chi connectivity index (χ2n) is 4.19. The molecule has 1 aliphatic carbocycles. The van der Waals surface area contributed by atoms with Crippen LogP contribution in [0.2, 0.25) is 0 Å². The molecule has 3 nitrogen and oxygen atoms in total. The van der Waals surface area contributed by atoms with E-state index in [1.165, 1.54) is 0 Å². The molecular weight excluding hydrogens is 176 g/mol. The summed E-state index contributed by atoms with van der Waals surface area (Å²) in [6.07, 6.45) is 2.24. The number of amides is 1. The predicted octanol–water partition coefficient (Wildman–Crippen LogP) is 1.84. The predicted molar refractivity (Wildman–Crippen MR) is 54.3 cm³/mol. The summed E-state index contributed by atoms with van der Waals surface area (Å²) >= 11 is 0. The van der Waals surface area contributed by atoms with Gasteiger partial charge in [-0.1, -0.05) is 20.8 Å². The van der Waals surface area contributed by atoms with Gasteiger partial charge in [0.1, 0.15) is 5.41 Å². The first-order valence-corrected chi connectivity index (χ1v) is 5.31. The summed E-state index contributed by atoms with van der Waals surface area (Å²) in [5, 5.41) is 12.0. The van der Waals surface area contributed by atoms with Crippen molar-refractivity contribution in [2.75, 3.05) is 0 Å². The van der Waals surface area contributed by atoms with E-state index in [2.05, 4.69) is 18.3 Å². The van der Waals surface area contributed by atoms with Gasteiger partial charge in [-0.05, 0) is 25.2 Å². The first kappa shape index (κ1) is 11.0. The molecule has 14 heavy (non-hydrogen) atoms. The Morgan fingerprint density at radius 1 is 1.57 bits per heavy atom. The summed E-state index contributed by atoms with van der Waals surface area (Å²) in [5.74, 6) is 0.503. The number of hydrogen-bond donors (Lipinski definition) is 1. The molecule has 0 saturated heterocycles. The lowest BCUT2D eigenvalue weighted by molar-refractivity contribution is -0.128. The van der Waals surface area contributed by atoms with E-state index < -0.39 is 5.41 Å². The van der Waals surface area contributed by atoms with Crippen LogP contribution in [0.25, 0.3) is 0 Å². The summed E-state index contributed by atoms with van der Waals surface area (Å²) in [4.78, 5) is 11.8. The summed E-state index contributed by atoms with van der Waals surface area (Å²) in [7, 11) is 0. The van der Waals surface area contributed by atoms with E-state index in [4.69, 9.17) is 5.26 Å². The summed E-state index contributed by atoms with van der Waals surface area (Å²) in [6.45, 7) is 5.89. The highest BCUT2D eigenvalue weighted by Gasteiger charge is 2.41. The zero-order valence-corrected chi connectivity index (χ0v) is 9.13. The largest absolute Gasteiger partial charge is 0.352 e. The van der Waals surface area contributed by atoms with Crippen LogP contribution in [0.5, 0.6) is 0 Å². The normalized spacial score (nSPS) is 25.3. The average Bonchev–Trinajstić information content (AvgIpc) is 2.85. The maximum Gasteiger partial charge on any atom is 0.240 e. The maximum absolute atomic E-state index is 11.8. The van der Waals surface area contributed by atoms with Gasteiger partial charge in [-0.15, -0.1) is 0 Å². The van der Waals surface area contributed by atoms with E-state index in [1.807, 2.05) is 13.8 Å². The first-order chi connectivity index (χ1) is 6.59. The average molecular weight is 194 g/mol. The molecule has 1 aliphatic rings. The molecule has 1 rings (SSSR count). The molecule has 1 saturated carbocycles. The van der Waals surface area contributed by atoms with Gasteiger partial charge in [0.2, 0.25) is 5.91 Å². The fraction of sp³-hybridized carbons (Fsp3) is 0.818. The number of nitriles is 1. The van der Waals surface area contributed by atoms with Crippen LogP contribution in [0.1, 0.15) is 40.0 Å². The van der Waals surface area contributed by atoms with Gasteiger partial charge in [0, 0.05) is 6.04 Å². The number of carbonyl (C=O) groups is 1. The Kier molecular flexibility index (Phi) is 3.15. The third-order valence-electron chi connectivity index (χ3n) is 3.28. The van der Waals surface area contributed by atoms with Gasteiger partial charge >= 0.3 is 0 Å². The van der Waals surface area contributed by atoms with Crippen LogP contribution in [-0.2, 0) is 4.79 Å². The lowest BCUT2D eigenvalue weighted by Crippen LogP contribution is -2.40. The Labute approximate surface area is 85.5 Å². The summed E-state index contributed by atoms with van der Waals surface area (Å²) in [6, 6.07) is 2.46. The number of nitrogens with zero attached hydrogens (tertiary/aromatic N) is 1. The second kappa shape index (κ2) is 4.00. The minimum atomic E-state index is -0.803. The quantitative estimate of drug-likeness (QED) is 0.742. The highest BCUT2D eigenvalue weighted by atomic mass is 16.2. The van der Waals surface area contributed by atoms with E-state index >= 15 is 0 Å². The lowest BCUT2D eigenvalue weighted by atomic mass is 9.83. The number of nitrogens with one attached hydrogen (secondary N) is 1. The van der Waals surface area contributed by atoms with Gasteiger partial charge < -0.3 is 5.32 Å². The Balaban J connectivity index is 2.60. The number of carbonyl (C=O) groups excluding carboxylic acids is 1. The monoisotopic (exact) mass is 194 g/mol. The van der Waals surface area contributed by atoms with Gasteiger partial charge in [0.15, 0.2) is 0 Å². The zero-order valence-electron chi connectivity index (χ0n) is 9.13. The number of rotatable bonds is 4. The molecule has 0 aromatic heterocycles. The molecule has 2 atom stereocenters. The molecule has 0 aliphatic heterocycles. The van der Waals surface area contributed by atoms with Gasteiger partial charge in [0.25, 0.3) is 0 Å². The van der Waals surface area contributed by atoms with Crippen molar-refractivity contribution in [1.82, 2.24) is 5.32 Å². The van der Waals surface area contributed by atoms with Crippen LogP contribution in [-0.4, -0.2) is 11.9 Å². The molecule has 1 amide bonds. The molecule has 0 radical (unpaired) electrons. The summed E-state index contributed by atoms with van der Waals surface area (Å²) < 4.78 is 0. The van der Waals surface area contributed by atoms with Crippen molar-refractivity contribution in [3.63, 3.8) is 0 Å². The lowest BCUT2D eigenvalue weighted by Gasteiger charge is -2.22. The molecule has 3 heteroatoms. The molecule has 0 aromatic rings. The van der Waals surface area contributed by atoms with Crippen molar-refractivity contribution < 1.29 is 4.79 Å². The van der Waals surface area contributed by atoms with Crippen molar-refractivity contribution in [2.24, 2.45) is 11.3 Å². The highest BCUT2D eigenvalue weighted by molar-refractivity contribution is 5.85. The molecule has 2 unspecified atom stereocenters. The minimum absolute atomic E-state index is 0.0839. The van der Waals surface area contributed by atoms with Crippen molar-refractivity contribution in [3.05, 3.63) is 0 Å². The Morgan fingerprint density at radius 3 is 2.36 bits per heavy atom. The zero-order chi connectivity index (χ0) is 10.8. The van der Waals surface area contributed by atoms with E-state index in [0.29, 0.717) is 24.8 Å². The summed E-state index contributed by atoms with van der Waals surface area (Å²) in [5.41, 5.74) is -0.803. The van der Waals surface area contributed by atoms with E-state index in [9.17, 15) is 4.79 Å². The number of hydrogen-bond acceptors (Lipinski definition) is 2.